The number of aldehydes is 1. The number of hydrogen-bond donors (Lipinski definition) is 0. The number of aryl methyl sites for hydroxylation is 1. The lowest BCUT2D eigenvalue weighted by Gasteiger charge is -2.10. The van der Waals surface area contributed by atoms with Crippen LogP contribution in [-0.4, -0.2) is 10.9 Å². The summed E-state index contributed by atoms with van der Waals surface area (Å²) in [5.41, 5.74) is 3.92. The molecule has 0 amide bonds. The summed E-state index contributed by atoms with van der Waals surface area (Å²) in [6.45, 7) is 4.00. The minimum absolute atomic E-state index is 0.755. The lowest BCUT2D eigenvalue weighted by Crippen LogP contribution is -1.99. The number of aromatic nitrogens is 1. The van der Waals surface area contributed by atoms with E-state index in [9.17, 15) is 4.79 Å². The third-order valence-corrected chi connectivity index (χ3v) is 3.59. The van der Waals surface area contributed by atoms with Crippen molar-refractivity contribution in [3.05, 3.63) is 65.5 Å². The zero-order valence-corrected chi connectivity index (χ0v) is 11.1. The van der Waals surface area contributed by atoms with Crippen molar-refractivity contribution in [3.8, 4) is 5.69 Å². The lowest BCUT2D eigenvalue weighted by atomic mass is 10.1. The zero-order valence-electron chi connectivity index (χ0n) is 11.1. The van der Waals surface area contributed by atoms with Gasteiger partial charge in [0.05, 0.1) is 0 Å². The van der Waals surface area contributed by atoms with Crippen LogP contribution in [0.3, 0.4) is 0 Å². The second-order valence-corrected chi connectivity index (χ2v) is 4.81. The molecule has 2 heteroatoms. The zero-order chi connectivity index (χ0) is 13.4. The molecule has 1 aromatic heterocycles. The maximum absolute atomic E-state index is 11.0. The second-order valence-electron chi connectivity index (χ2n) is 4.81. The van der Waals surface area contributed by atoms with Gasteiger partial charge in [-0.2, -0.15) is 0 Å². The van der Waals surface area contributed by atoms with Crippen LogP contribution >= 0.6 is 0 Å². The molecule has 0 fully saturated rings. The Morgan fingerprint density at radius 1 is 0.947 bits per heavy atom. The van der Waals surface area contributed by atoms with Crippen LogP contribution in [0, 0.1) is 13.8 Å². The molecular weight excluding hydrogens is 234 g/mol. The van der Waals surface area contributed by atoms with Crippen molar-refractivity contribution < 1.29 is 4.79 Å². The Balaban J connectivity index is 2.24. The highest BCUT2D eigenvalue weighted by Crippen LogP contribution is 2.23. The van der Waals surface area contributed by atoms with Crippen molar-refractivity contribution in [1.29, 1.82) is 0 Å². The molecule has 0 aliphatic carbocycles. The van der Waals surface area contributed by atoms with Gasteiger partial charge in [-0.1, -0.05) is 30.3 Å². The van der Waals surface area contributed by atoms with Gasteiger partial charge in [0, 0.05) is 22.6 Å². The number of fused-ring (bicyclic) bond motifs is 1. The van der Waals surface area contributed by atoms with Gasteiger partial charge in [0.1, 0.15) is 0 Å². The van der Waals surface area contributed by atoms with E-state index in [4.69, 9.17) is 0 Å². The fourth-order valence-corrected chi connectivity index (χ4v) is 2.62. The first kappa shape index (κ1) is 11.7. The fraction of sp³-hybridized carbons (Fsp3) is 0.118. The average molecular weight is 249 g/mol. The van der Waals surface area contributed by atoms with Gasteiger partial charge in [-0.05, 0) is 42.8 Å². The smallest absolute Gasteiger partial charge is 0.151 e. The molecule has 0 aliphatic heterocycles. The molecule has 3 rings (SSSR count). The monoisotopic (exact) mass is 249 g/mol. The number of carbonyl (C=O) groups is 1. The van der Waals surface area contributed by atoms with Crippen molar-refractivity contribution in [1.82, 2.24) is 4.57 Å². The van der Waals surface area contributed by atoms with Crippen molar-refractivity contribution in [2.45, 2.75) is 13.8 Å². The Kier molecular flexibility index (Phi) is 2.71. The summed E-state index contributed by atoms with van der Waals surface area (Å²) in [6.07, 6.45) is 0.917. The Morgan fingerprint density at radius 2 is 1.68 bits per heavy atom. The molecule has 0 atom stereocenters. The average Bonchev–Trinajstić information content (AvgIpc) is 2.73. The van der Waals surface area contributed by atoms with E-state index in [1.165, 1.54) is 10.8 Å². The van der Waals surface area contributed by atoms with Gasteiger partial charge in [-0.15, -0.1) is 0 Å². The standard InChI is InChI=1S/C17H15NO/c1-12-9-16(11-19)13(2)18(12)17-8-7-14-5-3-4-6-15(14)10-17/h3-11H,1-2H3. The van der Waals surface area contributed by atoms with E-state index < -0.39 is 0 Å². The first-order valence-electron chi connectivity index (χ1n) is 6.34. The van der Waals surface area contributed by atoms with E-state index in [2.05, 4.69) is 34.9 Å². The van der Waals surface area contributed by atoms with Crippen LogP contribution in [0.2, 0.25) is 0 Å². The molecule has 0 radical (unpaired) electrons. The Bertz CT molecular complexity index is 768. The molecule has 0 bridgehead atoms. The number of hydrogen-bond acceptors (Lipinski definition) is 1. The van der Waals surface area contributed by atoms with Crippen LogP contribution in [-0.2, 0) is 0 Å². The first-order chi connectivity index (χ1) is 9.20. The third-order valence-electron chi connectivity index (χ3n) is 3.59. The molecule has 0 spiro atoms. The molecule has 0 unspecified atom stereocenters. The maximum atomic E-state index is 11.0. The van der Waals surface area contributed by atoms with Crippen LogP contribution < -0.4 is 0 Å². The largest absolute Gasteiger partial charge is 0.318 e. The number of benzene rings is 2. The summed E-state index contributed by atoms with van der Waals surface area (Å²) in [6, 6.07) is 16.6. The number of rotatable bonds is 2. The highest BCUT2D eigenvalue weighted by molar-refractivity contribution is 5.85. The summed E-state index contributed by atoms with van der Waals surface area (Å²) >= 11 is 0. The summed E-state index contributed by atoms with van der Waals surface area (Å²) in [5, 5.41) is 2.43. The minimum Gasteiger partial charge on any atom is -0.318 e. The van der Waals surface area contributed by atoms with Gasteiger partial charge in [-0.3, -0.25) is 4.79 Å². The molecule has 0 N–H and O–H groups in total. The van der Waals surface area contributed by atoms with Crippen LogP contribution in [0.1, 0.15) is 21.7 Å². The minimum atomic E-state index is 0.755. The number of nitrogens with zero attached hydrogens (tertiary/aromatic N) is 1. The van der Waals surface area contributed by atoms with E-state index in [1.807, 2.05) is 32.0 Å². The highest BCUT2D eigenvalue weighted by atomic mass is 16.1. The van der Waals surface area contributed by atoms with Crippen LogP contribution in [0.15, 0.2) is 48.5 Å². The summed E-state index contributed by atoms with van der Waals surface area (Å²) in [4.78, 5) is 11.0. The van der Waals surface area contributed by atoms with E-state index in [1.54, 1.807) is 0 Å². The van der Waals surface area contributed by atoms with Crippen molar-refractivity contribution in [2.75, 3.05) is 0 Å². The van der Waals surface area contributed by atoms with Gasteiger partial charge in [0.25, 0.3) is 0 Å². The van der Waals surface area contributed by atoms with Gasteiger partial charge < -0.3 is 4.57 Å². The van der Waals surface area contributed by atoms with E-state index in [0.29, 0.717) is 0 Å². The lowest BCUT2D eigenvalue weighted by molar-refractivity contribution is 0.112. The van der Waals surface area contributed by atoms with Crippen LogP contribution in [0.25, 0.3) is 16.5 Å². The molecule has 3 aromatic rings. The van der Waals surface area contributed by atoms with Gasteiger partial charge in [0.15, 0.2) is 6.29 Å². The van der Waals surface area contributed by atoms with Crippen LogP contribution in [0.4, 0.5) is 0 Å². The fourth-order valence-electron chi connectivity index (χ4n) is 2.62. The Labute approximate surface area is 112 Å². The van der Waals surface area contributed by atoms with Gasteiger partial charge in [0.2, 0.25) is 0 Å². The van der Waals surface area contributed by atoms with E-state index >= 15 is 0 Å². The van der Waals surface area contributed by atoms with E-state index in [0.717, 1.165) is 28.9 Å². The molecule has 0 aliphatic rings. The first-order valence-corrected chi connectivity index (χ1v) is 6.34. The summed E-state index contributed by atoms with van der Waals surface area (Å²) in [5.74, 6) is 0. The molecule has 2 aromatic carbocycles. The predicted molar refractivity (Wildman–Crippen MR) is 78.1 cm³/mol. The van der Waals surface area contributed by atoms with Crippen molar-refractivity contribution >= 4 is 17.1 Å². The molecule has 2 nitrogen and oxygen atoms in total. The molecule has 94 valence electrons. The van der Waals surface area contributed by atoms with Crippen molar-refractivity contribution in [3.63, 3.8) is 0 Å². The molecule has 0 saturated carbocycles. The predicted octanol–water partition coefficient (Wildman–Crippen LogP) is 4.06. The quantitative estimate of drug-likeness (QED) is 0.628. The Morgan fingerprint density at radius 3 is 2.37 bits per heavy atom. The number of carbonyl (C=O) groups excluding carboxylic acids is 1. The van der Waals surface area contributed by atoms with Crippen LogP contribution in [0.5, 0.6) is 0 Å². The SMILES string of the molecule is Cc1cc(C=O)c(C)n1-c1ccc2ccccc2c1. The summed E-state index contributed by atoms with van der Waals surface area (Å²) < 4.78 is 2.12. The molecule has 0 saturated heterocycles. The maximum Gasteiger partial charge on any atom is 0.151 e. The molecular formula is C17H15NO. The Hall–Kier alpha value is -2.35. The summed E-state index contributed by atoms with van der Waals surface area (Å²) in [7, 11) is 0. The topological polar surface area (TPSA) is 22.0 Å². The third kappa shape index (κ3) is 1.85. The molecule has 1 heterocycles. The van der Waals surface area contributed by atoms with Gasteiger partial charge in [-0.25, -0.2) is 0 Å². The highest BCUT2D eigenvalue weighted by Gasteiger charge is 2.10. The second kappa shape index (κ2) is 4.39. The normalized spacial score (nSPS) is 10.8. The van der Waals surface area contributed by atoms with E-state index in [-0.39, 0.29) is 0 Å². The molecule has 19 heavy (non-hydrogen) atoms. The van der Waals surface area contributed by atoms with Crippen molar-refractivity contribution in [2.24, 2.45) is 0 Å². The van der Waals surface area contributed by atoms with Gasteiger partial charge >= 0.3 is 0 Å².